The second kappa shape index (κ2) is 6.83. The smallest absolute Gasteiger partial charge is 0.312 e. The molecule has 8 heteroatoms. The van der Waals surface area contributed by atoms with Crippen molar-refractivity contribution in [2.75, 3.05) is 52.4 Å². The van der Waals surface area contributed by atoms with Crippen LogP contribution in [-0.2, 0) is 14.4 Å². The molecule has 7 nitrogen and oxygen atoms in total. The third kappa shape index (κ3) is 3.05. The zero-order valence-electron chi connectivity index (χ0n) is 12.8. The standard InChI is InChI=1S/C14H22N4O3.ClH/c1-2-16-3-4-17(14(21)13(16)20)9-12(19)18-7-10-5-15-6-11(10)8-18;/h10-11,15H,2-9H2,1H3;1H/t10-,11+;. The summed E-state index contributed by atoms with van der Waals surface area (Å²) < 4.78 is 0. The van der Waals surface area contributed by atoms with Gasteiger partial charge in [-0.1, -0.05) is 0 Å². The summed E-state index contributed by atoms with van der Waals surface area (Å²) in [6, 6.07) is 0. The number of amides is 3. The summed E-state index contributed by atoms with van der Waals surface area (Å²) in [7, 11) is 0. The van der Waals surface area contributed by atoms with Crippen LogP contribution < -0.4 is 5.32 Å². The molecule has 0 aromatic rings. The van der Waals surface area contributed by atoms with Crippen molar-refractivity contribution in [1.29, 1.82) is 0 Å². The second-order valence-corrected chi connectivity index (χ2v) is 6.09. The molecule has 1 N–H and O–H groups in total. The molecule has 0 aliphatic carbocycles. The van der Waals surface area contributed by atoms with E-state index in [9.17, 15) is 14.4 Å². The van der Waals surface area contributed by atoms with Crippen LogP contribution in [0.15, 0.2) is 0 Å². The molecular weight excluding hydrogens is 308 g/mol. The summed E-state index contributed by atoms with van der Waals surface area (Å²) in [6.07, 6.45) is 0. The van der Waals surface area contributed by atoms with Crippen molar-refractivity contribution in [3.05, 3.63) is 0 Å². The summed E-state index contributed by atoms with van der Waals surface area (Å²) in [4.78, 5) is 40.9. The minimum Gasteiger partial charge on any atom is -0.340 e. The van der Waals surface area contributed by atoms with Gasteiger partial charge in [-0.3, -0.25) is 14.4 Å². The van der Waals surface area contributed by atoms with Gasteiger partial charge in [-0.25, -0.2) is 0 Å². The SMILES string of the molecule is CCN1CCN(CC(=O)N2C[C@H]3CNC[C@H]3C2)C(=O)C1=O.Cl. The number of rotatable bonds is 3. The fraction of sp³-hybridized carbons (Fsp3) is 0.786. The normalized spacial score (nSPS) is 28.0. The number of halogens is 1. The average Bonchev–Trinajstić information content (AvgIpc) is 3.05. The first-order valence-electron chi connectivity index (χ1n) is 7.66. The maximum Gasteiger partial charge on any atom is 0.312 e. The number of carbonyl (C=O) groups excluding carboxylic acids is 3. The monoisotopic (exact) mass is 330 g/mol. The van der Waals surface area contributed by atoms with Gasteiger partial charge in [0.1, 0.15) is 6.54 Å². The Labute approximate surface area is 136 Å². The van der Waals surface area contributed by atoms with Crippen molar-refractivity contribution in [2.24, 2.45) is 11.8 Å². The molecule has 3 heterocycles. The van der Waals surface area contributed by atoms with Crippen molar-refractivity contribution in [2.45, 2.75) is 6.92 Å². The predicted molar refractivity (Wildman–Crippen MR) is 82.5 cm³/mol. The Balaban J connectivity index is 0.00000176. The first kappa shape index (κ1) is 17.0. The van der Waals surface area contributed by atoms with Crippen molar-refractivity contribution in [3.8, 4) is 0 Å². The van der Waals surface area contributed by atoms with Crippen LogP contribution in [0.2, 0.25) is 0 Å². The number of nitrogens with one attached hydrogen (secondary N) is 1. The van der Waals surface area contributed by atoms with Crippen LogP contribution in [0.3, 0.4) is 0 Å². The highest BCUT2D eigenvalue weighted by atomic mass is 35.5. The van der Waals surface area contributed by atoms with Gasteiger partial charge in [0.15, 0.2) is 0 Å². The number of likely N-dealkylation sites (N-methyl/N-ethyl adjacent to an activating group) is 1. The van der Waals surface area contributed by atoms with Gasteiger partial charge >= 0.3 is 11.8 Å². The fourth-order valence-electron chi connectivity index (χ4n) is 3.49. The molecule has 0 saturated carbocycles. The summed E-state index contributed by atoms with van der Waals surface area (Å²) in [5.74, 6) is 0.0264. The van der Waals surface area contributed by atoms with Gasteiger partial charge in [0.2, 0.25) is 5.91 Å². The van der Waals surface area contributed by atoms with Crippen LogP contribution in [0, 0.1) is 11.8 Å². The highest BCUT2D eigenvalue weighted by molar-refractivity contribution is 6.35. The molecule has 124 valence electrons. The Morgan fingerprint density at radius 1 is 1.09 bits per heavy atom. The van der Waals surface area contributed by atoms with Crippen LogP contribution in [-0.4, -0.2) is 84.8 Å². The van der Waals surface area contributed by atoms with E-state index in [2.05, 4.69) is 5.32 Å². The third-order valence-corrected chi connectivity index (χ3v) is 4.85. The van der Waals surface area contributed by atoms with Gasteiger partial charge < -0.3 is 20.0 Å². The van der Waals surface area contributed by atoms with Crippen molar-refractivity contribution < 1.29 is 14.4 Å². The van der Waals surface area contributed by atoms with Crippen molar-refractivity contribution in [3.63, 3.8) is 0 Å². The first-order valence-corrected chi connectivity index (χ1v) is 7.66. The minimum atomic E-state index is -0.544. The van der Waals surface area contributed by atoms with Gasteiger partial charge in [-0.05, 0) is 18.8 Å². The van der Waals surface area contributed by atoms with E-state index in [1.807, 2.05) is 11.8 Å². The van der Waals surface area contributed by atoms with E-state index in [1.165, 1.54) is 9.80 Å². The van der Waals surface area contributed by atoms with Crippen LogP contribution in [0.5, 0.6) is 0 Å². The van der Waals surface area contributed by atoms with E-state index in [4.69, 9.17) is 0 Å². The molecule has 2 atom stereocenters. The van der Waals surface area contributed by atoms with E-state index in [0.717, 1.165) is 26.2 Å². The lowest BCUT2D eigenvalue weighted by atomic mass is 10.0. The lowest BCUT2D eigenvalue weighted by Crippen LogP contribution is -2.56. The average molecular weight is 331 g/mol. The van der Waals surface area contributed by atoms with Crippen LogP contribution in [0.25, 0.3) is 0 Å². The number of likely N-dealkylation sites (tertiary alicyclic amines) is 1. The molecule has 3 saturated heterocycles. The molecule has 0 aromatic heterocycles. The highest BCUT2D eigenvalue weighted by Crippen LogP contribution is 2.26. The molecule has 0 spiro atoms. The van der Waals surface area contributed by atoms with Crippen LogP contribution >= 0.6 is 12.4 Å². The molecule has 0 aromatic carbocycles. The van der Waals surface area contributed by atoms with Gasteiger partial charge in [-0.15, -0.1) is 12.4 Å². The third-order valence-electron chi connectivity index (χ3n) is 4.85. The number of hydrogen-bond donors (Lipinski definition) is 1. The van der Waals surface area contributed by atoms with Gasteiger partial charge in [-0.2, -0.15) is 0 Å². The zero-order valence-corrected chi connectivity index (χ0v) is 13.6. The molecule has 3 fully saturated rings. The number of piperazine rings is 1. The molecule has 3 amide bonds. The number of fused-ring (bicyclic) bond motifs is 1. The van der Waals surface area contributed by atoms with E-state index < -0.39 is 11.8 Å². The molecule has 3 aliphatic heterocycles. The number of carbonyl (C=O) groups is 3. The van der Waals surface area contributed by atoms with Gasteiger partial charge in [0, 0.05) is 45.8 Å². The zero-order chi connectivity index (χ0) is 15.0. The maximum atomic E-state index is 12.3. The summed E-state index contributed by atoms with van der Waals surface area (Å²) in [6.45, 7) is 6.88. The Hall–Kier alpha value is -1.34. The maximum absolute atomic E-state index is 12.3. The summed E-state index contributed by atoms with van der Waals surface area (Å²) in [5, 5.41) is 3.34. The highest BCUT2D eigenvalue weighted by Gasteiger charge is 2.39. The minimum absolute atomic E-state index is 0. The molecule has 0 radical (unpaired) electrons. The largest absolute Gasteiger partial charge is 0.340 e. The summed E-state index contributed by atoms with van der Waals surface area (Å²) in [5.41, 5.74) is 0. The first-order chi connectivity index (χ1) is 10.1. The Kier molecular flexibility index (Phi) is 5.28. The van der Waals surface area contributed by atoms with E-state index >= 15 is 0 Å². The Bertz CT molecular complexity index is 461. The predicted octanol–water partition coefficient (Wildman–Crippen LogP) is -1.22. The molecule has 0 bridgehead atoms. The van der Waals surface area contributed by atoms with E-state index in [1.54, 1.807) is 0 Å². The molecule has 3 aliphatic rings. The molecule has 0 unspecified atom stereocenters. The molecular formula is C14H23ClN4O3. The van der Waals surface area contributed by atoms with Gasteiger partial charge in [0.25, 0.3) is 0 Å². The Morgan fingerprint density at radius 3 is 2.23 bits per heavy atom. The van der Waals surface area contributed by atoms with Crippen molar-refractivity contribution >= 4 is 30.1 Å². The van der Waals surface area contributed by atoms with Crippen molar-refractivity contribution in [1.82, 2.24) is 20.0 Å². The van der Waals surface area contributed by atoms with Gasteiger partial charge in [0.05, 0.1) is 0 Å². The van der Waals surface area contributed by atoms with Crippen LogP contribution in [0.1, 0.15) is 6.92 Å². The summed E-state index contributed by atoms with van der Waals surface area (Å²) >= 11 is 0. The molecule has 3 rings (SSSR count). The topological polar surface area (TPSA) is 73.0 Å². The lowest BCUT2D eigenvalue weighted by molar-refractivity contribution is -0.157. The number of hydrogen-bond acceptors (Lipinski definition) is 4. The Morgan fingerprint density at radius 2 is 1.64 bits per heavy atom. The fourth-order valence-corrected chi connectivity index (χ4v) is 3.49. The van der Waals surface area contributed by atoms with Crippen LogP contribution in [0.4, 0.5) is 0 Å². The molecule has 22 heavy (non-hydrogen) atoms. The van der Waals surface area contributed by atoms with E-state index in [-0.39, 0.29) is 24.9 Å². The van der Waals surface area contributed by atoms with E-state index in [0.29, 0.717) is 31.5 Å². The second-order valence-electron chi connectivity index (χ2n) is 6.09. The quantitative estimate of drug-likeness (QED) is 0.658. The number of nitrogens with zero attached hydrogens (tertiary/aromatic N) is 3. The lowest BCUT2D eigenvalue weighted by Gasteiger charge is -2.33.